The molecule has 132 valence electrons. The third-order valence-corrected chi connectivity index (χ3v) is 3.92. The van der Waals surface area contributed by atoms with E-state index in [0.29, 0.717) is 16.7 Å². The first-order chi connectivity index (χ1) is 10.1. The molecule has 0 bridgehead atoms. The molecule has 0 aromatic heterocycles. The highest BCUT2D eigenvalue weighted by Gasteiger charge is 2.30. The fourth-order valence-corrected chi connectivity index (χ4v) is 2.50. The molecule has 0 aliphatic rings. The SMILES string of the molecule is CC(C)(C)c1cc([C@H](N)CCC(F)(F)F)cc(C(C)(C)C)c1O. The maximum Gasteiger partial charge on any atom is 0.389 e. The Hall–Kier alpha value is -1.23. The van der Waals surface area contributed by atoms with Crippen LogP contribution in [0.15, 0.2) is 12.1 Å². The normalized spacial score (nSPS) is 14.9. The van der Waals surface area contributed by atoms with E-state index < -0.39 is 18.6 Å². The summed E-state index contributed by atoms with van der Waals surface area (Å²) >= 11 is 0. The van der Waals surface area contributed by atoms with Crippen molar-refractivity contribution in [2.24, 2.45) is 5.73 Å². The molecule has 1 aromatic carbocycles. The zero-order chi connectivity index (χ0) is 18.2. The van der Waals surface area contributed by atoms with Crippen LogP contribution in [0, 0.1) is 0 Å². The maximum absolute atomic E-state index is 12.4. The summed E-state index contributed by atoms with van der Waals surface area (Å²) in [6.45, 7) is 11.7. The molecule has 0 heterocycles. The highest BCUT2D eigenvalue weighted by atomic mass is 19.4. The first-order valence-electron chi connectivity index (χ1n) is 7.83. The van der Waals surface area contributed by atoms with Crippen molar-refractivity contribution in [3.05, 3.63) is 28.8 Å². The molecule has 1 rings (SSSR count). The Balaban J connectivity index is 3.33. The Bertz CT molecular complexity index is 516. The Morgan fingerprint density at radius 3 is 1.65 bits per heavy atom. The molecule has 5 heteroatoms. The van der Waals surface area contributed by atoms with E-state index in [4.69, 9.17) is 5.73 Å². The summed E-state index contributed by atoms with van der Waals surface area (Å²) < 4.78 is 37.3. The van der Waals surface area contributed by atoms with Crippen LogP contribution < -0.4 is 5.73 Å². The lowest BCUT2D eigenvalue weighted by Crippen LogP contribution is -2.21. The van der Waals surface area contributed by atoms with E-state index in [1.807, 2.05) is 41.5 Å². The van der Waals surface area contributed by atoms with Gasteiger partial charge in [0.05, 0.1) is 0 Å². The third kappa shape index (κ3) is 5.41. The second kappa shape index (κ2) is 6.34. The van der Waals surface area contributed by atoms with Gasteiger partial charge in [-0.1, -0.05) is 53.7 Å². The van der Waals surface area contributed by atoms with Crippen LogP contribution in [0.25, 0.3) is 0 Å². The van der Waals surface area contributed by atoms with Crippen molar-refractivity contribution in [2.75, 3.05) is 0 Å². The highest BCUT2D eigenvalue weighted by Crippen LogP contribution is 2.41. The molecule has 0 amide bonds. The average Bonchev–Trinajstić information content (AvgIpc) is 2.32. The number of benzene rings is 1. The van der Waals surface area contributed by atoms with E-state index >= 15 is 0 Å². The molecule has 0 fully saturated rings. The van der Waals surface area contributed by atoms with Gasteiger partial charge in [0, 0.05) is 12.5 Å². The second-order valence-electron chi connectivity index (χ2n) is 8.22. The van der Waals surface area contributed by atoms with Gasteiger partial charge >= 0.3 is 6.18 Å². The van der Waals surface area contributed by atoms with Crippen LogP contribution in [0.1, 0.15) is 77.1 Å². The molecule has 0 aliphatic carbocycles. The Morgan fingerprint density at radius 2 is 1.35 bits per heavy atom. The van der Waals surface area contributed by atoms with Gasteiger partial charge in [-0.2, -0.15) is 13.2 Å². The number of phenols is 1. The van der Waals surface area contributed by atoms with Crippen LogP contribution in [0.4, 0.5) is 13.2 Å². The van der Waals surface area contributed by atoms with E-state index in [1.165, 1.54) is 0 Å². The summed E-state index contributed by atoms with van der Waals surface area (Å²) in [6, 6.07) is 2.77. The molecule has 1 aromatic rings. The Kier molecular flexibility index (Phi) is 5.47. The van der Waals surface area contributed by atoms with Gasteiger partial charge in [0.1, 0.15) is 5.75 Å². The van der Waals surface area contributed by atoms with Gasteiger partial charge < -0.3 is 10.8 Å². The number of phenolic OH excluding ortho intramolecular Hbond substituents is 1. The minimum atomic E-state index is -4.21. The number of hydrogen-bond acceptors (Lipinski definition) is 2. The van der Waals surface area contributed by atoms with Crippen molar-refractivity contribution in [3.63, 3.8) is 0 Å². The standard InChI is InChI=1S/C18H28F3NO/c1-16(2,3)12-9-11(14(22)7-8-18(19,20)21)10-13(15(12)23)17(4,5)6/h9-10,14,23H,7-8,22H2,1-6H3/t14-/m1/s1. The van der Waals surface area contributed by atoms with Crippen LogP contribution >= 0.6 is 0 Å². The van der Waals surface area contributed by atoms with Gasteiger partial charge in [-0.15, -0.1) is 0 Å². The lowest BCUT2D eigenvalue weighted by molar-refractivity contribution is -0.136. The monoisotopic (exact) mass is 331 g/mol. The molecular weight excluding hydrogens is 303 g/mol. The molecule has 2 nitrogen and oxygen atoms in total. The van der Waals surface area contributed by atoms with Crippen LogP contribution in [-0.4, -0.2) is 11.3 Å². The van der Waals surface area contributed by atoms with Crippen molar-refractivity contribution in [3.8, 4) is 5.75 Å². The van der Waals surface area contributed by atoms with Gasteiger partial charge in [0.2, 0.25) is 0 Å². The summed E-state index contributed by atoms with van der Waals surface area (Å²) in [5.74, 6) is 0.205. The lowest BCUT2D eigenvalue weighted by Gasteiger charge is -2.29. The third-order valence-electron chi connectivity index (χ3n) is 3.92. The predicted octanol–water partition coefficient (Wildman–Crippen LogP) is 5.33. The zero-order valence-corrected chi connectivity index (χ0v) is 14.8. The van der Waals surface area contributed by atoms with Crippen molar-refractivity contribution in [1.82, 2.24) is 0 Å². The summed E-state index contributed by atoms with van der Waals surface area (Å²) in [4.78, 5) is 0. The molecule has 0 spiro atoms. The summed E-state index contributed by atoms with van der Waals surface area (Å²) in [5.41, 5.74) is 7.40. The van der Waals surface area contributed by atoms with Gasteiger partial charge in [-0.3, -0.25) is 0 Å². The maximum atomic E-state index is 12.4. The molecule has 3 N–H and O–H groups in total. The van der Waals surface area contributed by atoms with E-state index in [-0.39, 0.29) is 23.0 Å². The number of alkyl halides is 3. The minimum absolute atomic E-state index is 0.165. The summed E-state index contributed by atoms with van der Waals surface area (Å²) in [5, 5.41) is 10.6. The van der Waals surface area contributed by atoms with Crippen molar-refractivity contribution >= 4 is 0 Å². The first kappa shape index (κ1) is 19.8. The first-order valence-corrected chi connectivity index (χ1v) is 7.83. The fourth-order valence-electron chi connectivity index (χ4n) is 2.50. The van der Waals surface area contributed by atoms with Crippen LogP contribution in [-0.2, 0) is 10.8 Å². The molecule has 0 saturated heterocycles. The molecule has 1 atom stereocenters. The van der Waals surface area contributed by atoms with Crippen molar-refractivity contribution in [1.29, 1.82) is 0 Å². The molecule has 0 aliphatic heterocycles. The lowest BCUT2D eigenvalue weighted by atomic mass is 9.77. The van der Waals surface area contributed by atoms with Crippen LogP contribution in [0.2, 0.25) is 0 Å². The largest absolute Gasteiger partial charge is 0.507 e. The fraction of sp³-hybridized carbons (Fsp3) is 0.667. The van der Waals surface area contributed by atoms with Gasteiger partial charge in [-0.05, 0) is 33.9 Å². The van der Waals surface area contributed by atoms with Crippen molar-refractivity contribution < 1.29 is 18.3 Å². The Morgan fingerprint density at radius 1 is 0.957 bits per heavy atom. The van der Waals surface area contributed by atoms with Crippen molar-refractivity contribution in [2.45, 2.75) is 77.4 Å². The second-order valence-corrected chi connectivity index (χ2v) is 8.22. The smallest absolute Gasteiger partial charge is 0.389 e. The van der Waals surface area contributed by atoms with E-state index in [1.54, 1.807) is 12.1 Å². The molecule has 0 unspecified atom stereocenters. The van der Waals surface area contributed by atoms with Gasteiger partial charge in [-0.25, -0.2) is 0 Å². The Labute approximate surface area is 136 Å². The molecule has 0 radical (unpaired) electrons. The van der Waals surface area contributed by atoms with E-state index in [0.717, 1.165) is 0 Å². The average molecular weight is 331 g/mol. The summed E-state index contributed by atoms with van der Waals surface area (Å²) in [6.07, 6.45) is -5.29. The highest BCUT2D eigenvalue weighted by molar-refractivity contribution is 5.50. The van der Waals surface area contributed by atoms with E-state index in [9.17, 15) is 18.3 Å². The number of rotatable bonds is 3. The number of halogens is 3. The van der Waals surface area contributed by atoms with Crippen LogP contribution in [0.3, 0.4) is 0 Å². The van der Waals surface area contributed by atoms with Gasteiger partial charge in [0.25, 0.3) is 0 Å². The molecule has 0 saturated carbocycles. The predicted molar refractivity (Wildman–Crippen MR) is 87.7 cm³/mol. The number of aromatic hydroxyl groups is 1. The quantitative estimate of drug-likeness (QED) is 0.786. The molecular formula is C18H28F3NO. The number of hydrogen-bond donors (Lipinski definition) is 2. The molecule has 23 heavy (non-hydrogen) atoms. The van der Waals surface area contributed by atoms with Gasteiger partial charge in [0.15, 0.2) is 0 Å². The minimum Gasteiger partial charge on any atom is -0.507 e. The summed E-state index contributed by atoms with van der Waals surface area (Å²) in [7, 11) is 0. The topological polar surface area (TPSA) is 46.2 Å². The zero-order valence-electron chi connectivity index (χ0n) is 14.8. The van der Waals surface area contributed by atoms with Crippen LogP contribution in [0.5, 0.6) is 5.75 Å². The number of nitrogens with two attached hydrogens (primary N) is 1. The van der Waals surface area contributed by atoms with E-state index in [2.05, 4.69) is 0 Å².